The summed E-state index contributed by atoms with van der Waals surface area (Å²) in [5, 5.41) is 18.9. The lowest BCUT2D eigenvalue weighted by Crippen LogP contribution is -2.35. The van der Waals surface area contributed by atoms with Gasteiger partial charge in [0.15, 0.2) is 0 Å². The average Bonchev–Trinajstić information content (AvgIpc) is 2.98. The van der Waals surface area contributed by atoms with Crippen LogP contribution < -0.4 is 0 Å². The number of hydrogen-bond acceptors (Lipinski definition) is 4. The van der Waals surface area contributed by atoms with Crippen LogP contribution in [-0.2, 0) is 16.0 Å². The number of carboxylic acid groups (broad SMARTS) is 1. The zero-order valence-corrected chi connectivity index (χ0v) is 16.3. The van der Waals surface area contributed by atoms with Crippen molar-refractivity contribution >= 4 is 23.6 Å². The number of benzene rings is 1. The number of carbonyl (C=O) groups excluding carboxylic acids is 1. The van der Waals surface area contributed by atoms with Crippen molar-refractivity contribution < 1.29 is 24.2 Å². The summed E-state index contributed by atoms with van der Waals surface area (Å²) in [7, 11) is 0. The van der Waals surface area contributed by atoms with Gasteiger partial charge in [-0.05, 0) is 55.6 Å². The second kappa shape index (κ2) is 11.3. The van der Waals surface area contributed by atoms with E-state index in [1.807, 2.05) is 4.90 Å². The number of rotatable bonds is 12. The molecule has 1 aliphatic rings. The first kappa shape index (κ1) is 21.7. The van der Waals surface area contributed by atoms with E-state index in [9.17, 15) is 19.1 Å². The number of nitrogens with zero attached hydrogens (tertiary/aromatic N) is 1. The van der Waals surface area contributed by atoms with Crippen LogP contribution in [0.15, 0.2) is 24.3 Å². The molecule has 0 saturated carbocycles. The van der Waals surface area contributed by atoms with Crippen molar-refractivity contribution in [2.75, 3.05) is 18.1 Å². The van der Waals surface area contributed by atoms with Crippen LogP contribution in [-0.4, -0.2) is 57.2 Å². The zero-order chi connectivity index (χ0) is 19.6. The fourth-order valence-electron chi connectivity index (χ4n) is 3.37. The summed E-state index contributed by atoms with van der Waals surface area (Å²) in [5.41, 5.74) is 0.904. The van der Waals surface area contributed by atoms with Gasteiger partial charge in [0.25, 0.3) is 0 Å². The standard InChI is InChI=1S/C20H28FNO4S/c21-16-5-3-15(4-6-16)14-18(23)9-7-17-8-10-19(24)22(17)11-13-27-12-1-2-20(25)26/h3-6,17-18,23H,1-2,7-14H2,(H,25,26)/t17?,18-/m1/s1. The van der Waals surface area contributed by atoms with Crippen molar-refractivity contribution in [2.45, 2.75) is 57.1 Å². The number of aliphatic carboxylic acids is 1. The summed E-state index contributed by atoms with van der Waals surface area (Å²) in [5.74, 6) is 0.702. The fraction of sp³-hybridized carbons (Fsp3) is 0.600. The Morgan fingerprint density at radius 1 is 1.30 bits per heavy atom. The maximum absolute atomic E-state index is 12.9. The highest BCUT2D eigenvalue weighted by Gasteiger charge is 2.30. The molecule has 27 heavy (non-hydrogen) atoms. The Morgan fingerprint density at radius 2 is 2.04 bits per heavy atom. The summed E-state index contributed by atoms with van der Waals surface area (Å²) < 4.78 is 12.9. The number of halogens is 1. The van der Waals surface area contributed by atoms with Crippen LogP contribution in [0.4, 0.5) is 4.39 Å². The van der Waals surface area contributed by atoms with Crippen molar-refractivity contribution in [3.05, 3.63) is 35.6 Å². The lowest BCUT2D eigenvalue weighted by Gasteiger charge is -2.25. The number of aliphatic hydroxyl groups is 1. The summed E-state index contributed by atoms with van der Waals surface area (Å²) >= 11 is 1.68. The van der Waals surface area contributed by atoms with Gasteiger partial charge in [-0.1, -0.05) is 12.1 Å². The first-order valence-electron chi connectivity index (χ1n) is 9.47. The predicted octanol–water partition coefficient (Wildman–Crippen LogP) is 3.10. The molecule has 150 valence electrons. The molecule has 1 aliphatic heterocycles. The van der Waals surface area contributed by atoms with Crippen molar-refractivity contribution in [2.24, 2.45) is 0 Å². The Labute approximate surface area is 163 Å². The summed E-state index contributed by atoms with van der Waals surface area (Å²) in [6.45, 7) is 0.676. The number of amides is 1. The van der Waals surface area contributed by atoms with Crippen LogP contribution >= 0.6 is 11.8 Å². The Kier molecular flexibility index (Phi) is 9.07. The van der Waals surface area contributed by atoms with Gasteiger partial charge in [-0.3, -0.25) is 9.59 Å². The lowest BCUT2D eigenvalue weighted by molar-refractivity contribution is -0.137. The van der Waals surface area contributed by atoms with E-state index < -0.39 is 12.1 Å². The molecule has 2 rings (SSSR count). The number of carbonyl (C=O) groups is 2. The molecular weight excluding hydrogens is 369 g/mol. The summed E-state index contributed by atoms with van der Waals surface area (Å²) in [4.78, 5) is 24.5. The van der Waals surface area contributed by atoms with Crippen LogP contribution in [0, 0.1) is 5.82 Å². The molecule has 1 aromatic carbocycles. The Balaban J connectivity index is 1.68. The molecule has 1 saturated heterocycles. The van der Waals surface area contributed by atoms with Crippen LogP contribution in [0.1, 0.15) is 44.1 Å². The van der Waals surface area contributed by atoms with Crippen LogP contribution in [0.3, 0.4) is 0 Å². The fourth-order valence-corrected chi connectivity index (χ4v) is 4.25. The third-order valence-electron chi connectivity index (χ3n) is 4.83. The highest BCUT2D eigenvalue weighted by Crippen LogP contribution is 2.24. The van der Waals surface area contributed by atoms with Gasteiger partial charge < -0.3 is 15.1 Å². The van der Waals surface area contributed by atoms with Gasteiger partial charge in [0.05, 0.1) is 6.10 Å². The van der Waals surface area contributed by atoms with E-state index >= 15 is 0 Å². The minimum atomic E-state index is -0.774. The number of hydrogen-bond donors (Lipinski definition) is 2. The molecule has 7 heteroatoms. The number of aliphatic hydroxyl groups excluding tert-OH is 1. The molecule has 0 spiro atoms. The second-order valence-corrected chi connectivity index (χ2v) is 8.18. The molecule has 0 aromatic heterocycles. The molecule has 0 aliphatic carbocycles. The van der Waals surface area contributed by atoms with Gasteiger partial charge in [0.2, 0.25) is 5.91 Å². The lowest BCUT2D eigenvalue weighted by atomic mass is 10.0. The van der Waals surface area contributed by atoms with Crippen molar-refractivity contribution in [3.8, 4) is 0 Å². The highest BCUT2D eigenvalue weighted by atomic mass is 32.2. The average molecular weight is 398 g/mol. The van der Waals surface area contributed by atoms with Crippen LogP contribution in [0.5, 0.6) is 0 Å². The molecule has 1 fully saturated rings. The van der Waals surface area contributed by atoms with Crippen molar-refractivity contribution in [1.29, 1.82) is 0 Å². The Bertz CT molecular complexity index is 611. The number of thioether (sulfide) groups is 1. The quantitative estimate of drug-likeness (QED) is 0.530. The third-order valence-corrected chi connectivity index (χ3v) is 5.87. The first-order valence-corrected chi connectivity index (χ1v) is 10.6. The molecule has 0 radical (unpaired) electrons. The van der Waals surface area contributed by atoms with E-state index in [2.05, 4.69) is 0 Å². The van der Waals surface area contributed by atoms with Gasteiger partial charge in [-0.2, -0.15) is 11.8 Å². The van der Waals surface area contributed by atoms with E-state index in [0.717, 1.165) is 29.9 Å². The molecule has 1 aromatic rings. The monoisotopic (exact) mass is 397 g/mol. The molecule has 1 heterocycles. The molecule has 1 amide bonds. The molecule has 1 unspecified atom stereocenters. The van der Waals surface area contributed by atoms with Gasteiger partial charge >= 0.3 is 5.97 Å². The largest absolute Gasteiger partial charge is 0.481 e. The Morgan fingerprint density at radius 3 is 2.74 bits per heavy atom. The van der Waals surface area contributed by atoms with Gasteiger partial charge in [-0.15, -0.1) is 0 Å². The molecule has 2 atom stereocenters. The molecular formula is C20H28FNO4S. The van der Waals surface area contributed by atoms with E-state index in [4.69, 9.17) is 5.11 Å². The zero-order valence-electron chi connectivity index (χ0n) is 15.5. The normalized spacial score (nSPS) is 18.1. The number of likely N-dealkylation sites (tertiary alicyclic amines) is 1. The van der Waals surface area contributed by atoms with E-state index in [-0.39, 0.29) is 24.2 Å². The van der Waals surface area contributed by atoms with E-state index in [0.29, 0.717) is 32.2 Å². The van der Waals surface area contributed by atoms with Gasteiger partial charge in [0.1, 0.15) is 5.82 Å². The van der Waals surface area contributed by atoms with Crippen molar-refractivity contribution in [3.63, 3.8) is 0 Å². The third kappa shape index (κ3) is 7.89. The SMILES string of the molecule is O=C(O)CCCSCCN1C(=O)CCC1CC[C@@H](O)Cc1ccc(F)cc1. The Hall–Kier alpha value is -1.60. The highest BCUT2D eigenvalue weighted by molar-refractivity contribution is 7.99. The van der Waals surface area contributed by atoms with Gasteiger partial charge in [-0.25, -0.2) is 4.39 Å². The molecule has 5 nitrogen and oxygen atoms in total. The summed E-state index contributed by atoms with van der Waals surface area (Å²) in [6.07, 6.45) is 3.57. The maximum Gasteiger partial charge on any atom is 0.303 e. The molecule has 0 bridgehead atoms. The van der Waals surface area contributed by atoms with Crippen molar-refractivity contribution in [1.82, 2.24) is 4.90 Å². The minimum Gasteiger partial charge on any atom is -0.481 e. The minimum absolute atomic E-state index is 0.166. The predicted molar refractivity (Wildman–Crippen MR) is 104 cm³/mol. The van der Waals surface area contributed by atoms with E-state index in [1.54, 1.807) is 23.9 Å². The van der Waals surface area contributed by atoms with Crippen LogP contribution in [0.25, 0.3) is 0 Å². The number of carboxylic acids is 1. The van der Waals surface area contributed by atoms with Gasteiger partial charge in [0, 0.05) is 31.2 Å². The second-order valence-electron chi connectivity index (χ2n) is 6.95. The molecule has 2 N–H and O–H groups in total. The topological polar surface area (TPSA) is 77.8 Å². The maximum atomic E-state index is 12.9. The smallest absolute Gasteiger partial charge is 0.303 e. The first-order chi connectivity index (χ1) is 13.0. The van der Waals surface area contributed by atoms with E-state index in [1.165, 1.54) is 12.1 Å². The van der Waals surface area contributed by atoms with Crippen LogP contribution in [0.2, 0.25) is 0 Å². The summed E-state index contributed by atoms with van der Waals surface area (Å²) in [6, 6.07) is 6.33.